The predicted molar refractivity (Wildman–Crippen MR) is 283 cm³/mol. The molecular formula is C59H111NO5. The number of hydrogen-bond acceptors (Lipinski definition) is 5. The van der Waals surface area contributed by atoms with Crippen LogP contribution >= 0.6 is 0 Å². The van der Waals surface area contributed by atoms with Crippen LogP contribution in [-0.2, 0) is 14.3 Å². The maximum atomic E-state index is 12.5. The molecule has 0 aliphatic heterocycles. The summed E-state index contributed by atoms with van der Waals surface area (Å²) in [5.74, 6) is -0.0497. The molecule has 2 unspecified atom stereocenters. The van der Waals surface area contributed by atoms with Crippen molar-refractivity contribution in [2.24, 2.45) is 0 Å². The topological polar surface area (TPSA) is 95.9 Å². The van der Waals surface area contributed by atoms with Gasteiger partial charge in [0.2, 0.25) is 5.91 Å². The van der Waals surface area contributed by atoms with Crippen molar-refractivity contribution in [2.45, 2.75) is 315 Å². The van der Waals surface area contributed by atoms with E-state index in [2.05, 4.69) is 55.6 Å². The second-order valence-electron chi connectivity index (χ2n) is 19.6. The van der Waals surface area contributed by atoms with Gasteiger partial charge in [-0.15, -0.1) is 0 Å². The molecule has 3 N–H and O–H groups in total. The van der Waals surface area contributed by atoms with Crippen LogP contribution < -0.4 is 5.32 Å². The molecule has 2 atom stereocenters. The summed E-state index contributed by atoms with van der Waals surface area (Å²) in [5, 5.41) is 23.2. The summed E-state index contributed by atoms with van der Waals surface area (Å²) in [6.07, 6.45) is 67.0. The Labute approximate surface area is 404 Å². The van der Waals surface area contributed by atoms with Crippen molar-refractivity contribution in [3.63, 3.8) is 0 Å². The van der Waals surface area contributed by atoms with Crippen LogP contribution in [0.3, 0.4) is 0 Å². The minimum atomic E-state index is -0.669. The number of esters is 1. The lowest BCUT2D eigenvalue weighted by molar-refractivity contribution is -0.143. The van der Waals surface area contributed by atoms with Crippen LogP contribution in [-0.4, -0.2) is 47.4 Å². The van der Waals surface area contributed by atoms with Crippen molar-refractivity contribution in [1.82, 2.24) is 5.32 Å². The number of hydrogen-bond donors (Lipinski definition) is 3. The lowest BCUT2D eigenvalue weighted by Gasteiger charge is -2.22. The van der Waals surface area contributed by atoms with Crippen LogP contribution in [0.25, 0.3) is 0 Å². The third-order valence-electron chi connectivity index (χ3n) is 13.2. The van der Waals surface area contributed by atoms with E-state index in [1.807, 2.05) is 0 Å². The summed E-state index contributed by atoms with van der Waals surface area (Å²) in [5.41, 5.74) is 0. The molecule has 0 spiro atoms. The van der Waals surface area contributed by atoms with Gasteiger partial charge >= 0.3 is 5.97 Å². The Morgan fingerprint density at radius 2 is 0.785 bits per heavy atom. The molecule has 6 heteroatoms. The van der Waals surface area contributed by atoms with Gasteiger partial charge in [-0.1, -0.05) is 249 Å². The van der Waals surface area contributed by atoms with Crippen molar-refractivity contribution in [1.29, 1.82) is 0 Å². The van der Waals surface area contributed by atoms with Crippen LogP contribution in [0.4, 0.5) is 0 Å². The molecule has 0 fully saturated rings. The number of ether oxygens (including phenoxy) is 1. The molecule has 0 aromatic heterocycles. The molecule has 0 saturated heterocycles. The number of carbonyl (C=O) groups is 2. The summed E-state index contributed by atoms with van der Waals surface area (Å²) in [7, 11) is 0. The first-order valence-electron chi connectivity index (χ1n) is 28.7. The third-order valence-corrected chi connectivity index (χ3v) is 13.2. The van der Waals surface area contributed by atoms with E-state index < -0.39 is 12.1 Å². The predicted octanol–water partition coefficient (Wildman–Crippen LogP) is 17.6. The van der Waals surface area contributed by atoms with Gasteiger partial charge in [-0.2, -0.15) is 0 Å². The molecule has 0 heterocycles. The van der Waals surface area contributed by atoms with Crippen LogP contribution in [0.15, 0.2) is 36.5 Å². The second kappa shape index (κ2) is 54.7. The second-order valence-corrected chi connectivity index (χ2v) is 19.6. The standard InChI is InChI=1S/C59H111NO5/c1-3-5-7-9-11-13-15-17-29-33-37-41-45-49-53-59(64)65-54-50-46-42-38-34-30-26-24-22-20-18-19-21-23-25-28-32-36-40-44-48-52-58(63)60-56(55-61)57(62)51-47-43-39-35-31-27-16-14-12-10-8-6-4-2/h9,11,15,17,19,21,56-57,61-62H,3-8,10,12-14,16,18,20,22-55H2,1-2H3,(H,60,63)/b11-9-,17-15-,21-19-. The van der Waals surface area contributed by atoms with Gasteiger partial charge in [0, 0.05) is 12.8 Å². The fourth-order valence-electron chi connectivity index (χ4n) is 8.71. The molecule has 0 aromatic carbocycles. The first-order valence-corrected chi connectivity index (χ1v) is 28.7. The maximum absolute atomic E-state index is 12.5. The molecule has 0 radical (unpaired) electrons. The molecule has 0 saturated carbocycles. The SMILES string of the molecule is CCCC/C=C\C/C=C\CCCCCCCC(=O)OCCCCCCCCCCCC/C=C\CCCCCCCCCC(=O)NC(CO)C(O)CCCCCCCCCCCCCCC. The number of aliphatic hydroxyl groups excluding tert-OH is 2. The summed E-state index contributed by atoms with van der Waals surface area (Å²) < 4.78 is 5.46. The molecule has 1 amide bonds. The van der Waals surface area contributed by atoms with Gasteiger partial charge in [0.1, 0.15) is 0 Å². The van der Waals surface area contributed by atoms with Gasteiger partial charge in [0.05, 0.1) is 25.4 Å². The zero-order valence-corrected chi connectivity index (χ0v) is 43.5. The Kier molecular flexibility index (Phi) is 53.1. The van der Waals surface area contributed by atoms with Crippen molar-refractivity contribution >= 4 is 11.9 Å². The summed E-state index contributed by atoms with van der Waals surface area (Å²) >= 11 is 0. The summed E-state index contributed by atoms with van der Waals surface area (Å²) in [6, 6.07) is -0.547. The van der Waals surface area contributed by atoms with Crippen molar-refractivity contribution in [3.8, 4) is 0 Å². The van der Waals surface area contributed by atoms with E-state index >= 15 is 0 Å². The van der Waals surface area contributed by atoms with Crippen LogP contribution in [0.2, 0.25) is 0 Å². The highest BCUT2D eigenvalue weighted by Crippen LogP contribution is 2.16. The lowest BCUT2D eigenvalue weighted by Crippen LogP contribution is -2.45. The Morgan fingerprint density at radius 3 is 1.23 bits per heavy atom. The molecular weight excluding hydrogens is 803 g/mol. The van der Waals surface area contributed by atoms with Gasteiger partial charge in [-0.25, -0.2) is 0 Å². The molecule has 382 valence electrons. The number of carbonyl (C=O) groups excluding carboxylic acids is 2. The number of nitrogens with one attached hydrogen (secondary N) is 1. The fourth-order valence-corrected chi connectivity index (χ4v) is 8.71. The van der Waals surface area contributed by atoms with Gasteiger partial charge in [0.25, 0.3) is 0 Å². The number of aliphatic hydroxyl groups is 2. The van der Waals surface area contributed by atoms with E-state index in [4.69, 9.17) is 4.74 Å². The molecule has 65 heavy (non-hydrogen) atoms. The smallest absolute Gasteiger partial charge is 0.305 e. The van der Waals surface area contributed by atoms with Crippen molar-refractivity contribution in [3.05, 3.63) is 36.5 Å². The maximum Gasteiger partial charge on any atom is 0.305 e. The fraction of sp³-hybridized carbons (Fsp3) is 0.864. The largest absolute Gasteiger partial charge is 0.466 e. The molecule has 0 aliphatic carbocycles. The highest BCUT2D eigenvalue weighted by atomic mass is 16.5. The number of unbranched alkanes of at least 4 members (excludes halogenated alkanes) is 36. The van der Waals surface area contributed by atoms with Crippen LogP contribution in [0.5, 0.6) is 0 Å². The van der Waals surface area contributed by atoms with E-state index in [9.17, 15) is 19.8 Å². The Bertz CT molecular complexity index is 1060. The minimum Gasteiger partial charge on any atom is -0.466 e. The highest BCUT2D eigenvalue weighted by molar-refractivity contribution is 5.76. The van der Waals surface area contributed by atoms with E-state index in [1.165, 1.54) is 218 Å². The quantitative estimate of drug-likeness (QED) is 0.0321. The first kappa shape index (κ1) is 63.1. The zero-order valence-electron chi connectivity index (χ0n) is 43.5. The third kappa shape index (κ3) is 51.3. The van der Waals surface area contributed by atoms with Gasteiger partial charge in [-0.3, -0.25) is 9.59 Å². The van der Waals surface area contributed by atoms with E-state index in [0.29, 0.717) is 25.9 Å². The van der Waals surface area contributed by atoms with Crippen molar-refractivity contribution < 1.29 is 24.5 Å². The van der Waals surface area contributed by atoms with E-state index in [1.54, 1.807) is 0 Å². The highest BCUT2D eigenvalue weighted by Gasteiger charge is 2.20. The average molecular weight is 915 g/mol. The van der Waals surface area contributed by atoms with Gasteiger partial charge in [0.15, 0.2) is 0 Å². The normalized spacial score (nSPS) is 12.9. The van der Waals surface area contributed by atoms with E-state index in [0.717, 1.165) is 51.4 Å². The van der Waals surface area contributed by atoms with Gasteiger partial charge < -0.3 is 20.3 Å². The molecule has 0 bridgehead atoms. The zero-order chi connectivity index (χ0) is 47.2. The van der Waals surface area contributed by atoms with E-state index in [-0.39, 0.29) is 18.5 Å². The van der Waals surface area contributed by atoms with Gasteiger partial charge in [-0.05, 0) is 77.0 Å². The van der Waals surface area contributed by atoms with Crippen LogP contribution in [0.1, 0.15) is 303 Å². The summed E-state index contributed by atoms with van der Waals surface area (Å²) in [4.78, 5) is 24.5. The van der Waals surface area contributed by atoms with Crippen molar-refractivity contribution in [2.75, 3.05) is 13.2 Å². The number of allylic oxidation sites excluding steroid dienone is 6. The molecule has 0 rings (SSSR count). The Balaban J connectivity index is 3.43. The Morgan fingerprint density at radius 1 is 0.431 bits per heavy atom. The average Bonchev–Trinajstić information content (AvgIpc) is 3.31. The minimum absolute atomic E-state index is 0.00668. The molecule has 0 aromatic rings. The van der Waals surface area contributed by atoms with Crippen LogP contribution in [0, 0.1) is 0 Å². The molecule has 0 aliphatic rings. The monoisotopic (exact) mass is 914 g/mol. The number of rotatable bonds is 53. The lowest BCUT2D eigenvalue weighted by atomic mass is 10.0. The number of amides is 1. The Hall–Kier alpha value is -1.92. The molecule has 6 nitrogen and oxygen atoms in total. The summed E-state index contributed by atoms with van der Waals surface area (Å²) in [6.45, 7) is 4.90. The first-order chi connectivity index (χ1) is 32.0.